The second kappa shape index (κ2) is 9.65. The predicted octanol–water partition coefficient (Wildman–Crippen LogP) is 3.28. The zero-order valence-electron chi connectivity index (χ0n) is 19.1. The molecule has 10 heteroatoms. The van der Waals surface area contributed by atoms with Crippen LogP contribution in [0.5, 0.6) is 0 Å². The molecule has 0 bridgehead atoms. The van der Waals surface area contributed by atoms with E-state index < -0.39 is 22.0 Å². The van der Waals surface area contributed by atoms with Crippen molar-refractivity contribution in [3.05, 3.63) is 70.7 Å². The minimum atomic E-state index is -4.02. The number of carbonyl (C=O) groups excluding carboxylic acids is 2. The van der Waals surface area contributed by atoms with Gasteiger partial charge in [-0.25, -0.2) is 13.4 Å². The highest BCUT2D eigenvalue weighted by atomic mass is 32.2. The van der Waals surface area contributed by atoms with Gasteiger partial charge in [0, 0.05) is 24.0 Å². The number of hydrogen-bond acceptors (Lipinski definition) is 6. The van der Waals surface area contributed by atoms with Crippen molar-refractivity contribution in [2.75, 3.05) is 10.2 Å². The summed E-state index contributed by atoms with van der Waals surface area (Å²) in [7, 11) is -4.02. The molecule has 1 aliphatic heterocycles. The number of carbonyl (C=O) groups is 2. The molecule has 1 aromatic heterocycles. The zero-order chi connectivity index (χ0) is 24.5. The van der Waals surface area contributed by atoms with Crippen molar-refractivity contribution in [3.63, 3.8) is 0 Å². The van der Waals surface area contributed by atoms with E-state index in [1.165, 1.54) is 24.3 Å². The topological polar surface area (TPSA) is 108 Å². The Morgan fingerprint density at radius 2 is 1.94 bits per heavy atom. The Labute approximate surface area is 203 Å². The molecule has 3 aromatic rings. The molecule has 1 aliphatic rings. The fraction of sp³-hybridized carbons (Fsp3) is 0.292. The molecule has 0 unspecified atom stereocenters. The fourth-order valence-electron chi connectivity index (χ4n) is 4.15. The van der Waals surface area contributed by atoms with Gasteiger partial charge in [0.2, 0.25) is 21.8 Å². The summed E-state index contributed by atoms with van der Waals surface area (Å²) >= 11 is 1.28. The van der Waals surface area contributed by atoms with Crippen LogP contribution >= 0.6 is 11.3 Å². The Kier molecular flexibility index (Phi) is 6.83. The highest BCUT2D eigenvalue weighted by molar-refractivity contribution is 7.89. The SMILES string of the molecule is CC(=O)N1c2ccc(S(=O)(=O)N[C@@H](Cc3ccccc3)C(=O)Nc3nc(C)cs3)cc2C[C@@H]1C. The number of fused-ring (bicyclic) bond motifs is 1. The molecule has 2 N–H and O–H groups in total. The van der Waals surface area contributed by atoms with Crippen LogP contribution in [0.15, 0.2) is 58.8 Å². The summed E-state index contributed by atoms with van der Waals surface area (Å²) < 4.78 is 29.2. The second-order valence-electron chi connectivity index (χ2n) is 8.38. The first-order chi connectivity index (χ1) is 16.1. The molecule has 0 saturated carbocycles. The van der Waals surface area contributed by atoms with Gasteiger partial charge in [0.15, 0.2) is 5.13 Å². The van der Waals surface area contributed by atoms with Crippen molar-refractivity contribution < 1.29 is 18.0 Å². The number of hydrogen-bond donors (Lipinski definition) is 2. The van der Waals surface area contributed by atoms with Gasteiger partial charge in [-0.15, -0.1) is 11.3 Å². The summed E-state index contributed by atoms with van der Waals surface area (Å²) in [5, 5.41) is 4.94. The summed E-state index contributed by atoms with van der Waals surface area (Å²) in [4.78, 5) is 31.0. The molecule has 178 valence electrons. The third-order valence-corrected chi connectivity index (χ3v) is 8.01. The van der Waals surface area contributed by atoms with Gasteiger partial charge in [-0.1, -0.05) is 30.3 Å². The zero-order valence-corrected chi connectivity index (χ0v) is 20.7. The van der Waals surface area contributed by atoms with E-state index in [4.69, 9.17) is 0 Å². The number of nitrogens with one attached hydrogen (secondary N) is 2. The summed E-state index contributed by atoms with van der Waals surface area (Å²) in [6.07, 6.45) is 0.742. The first-order valence-corrected chi connectivity index (χ1v) is 13.2. The minimum absolute atomic E-state index is 0.0447. The maximum absolute atomic E-state index is 13.3. The molecule has 0 fully saturated rings. The van der Waals surface area contributed by atoms with Crippen LogP contribution in [-0.4, -0.2) is 37.3 Å². The third kappa shape index (κ3) is 5.19. The minimum Gasteiger partial charge on any atom is -0.309 e. The smallest absolute Gasteiger partial charge is 0.244 e. The van der Waals surface area contributed by atoms with Crippen LogP contribution in [0.1, 0.15) is 30.7 Å². The molecule has 34 heavy (non-hydrogen) atoms. The van der Waals surface area contributed by atoms with Gasteiger partial charge in [-0.3, -0.25) is 9.59 Å². The monoisotopic (exact) mass is 498 g/mol. The van der Waals surface area contributed by atoms with Crippen molar-refractivity contribution >= 4 is 44.0 Å². The Bertz CT molecular complexity index is 1320. The number of anilines is 2. The van der Waals surface area contributed by atoms with E-state index in [9.17, 15) is 18.0 Å². The van der Waals surface area contributed by atoms with Gasteiger partial charge in [0.1, 0.15) is 6.04 Å². The first-order valence-electron chi connectivity index (χ1n) is 10.9. The van der Waals surface area contributed by atoms with Gasteiger partial charge in [-0.2, -0.15) is 4.72 Å². The van der Waals surface area contributed by atoms with Gasteiger partial charge >= 0.3 is 0 Å². The van der Waals surface area contributed by atoms with Crippen molar-refractivity contribution in [3.8, 4) is 0 Å². The number of aryl methyl sites for hydroxylation is 1. The van der Waals surface area contributed by atoms with Gasteiger partial charge < -0.3 is 10.2 Å². The summed E-state index contributed by atoms with van der Waals surface area (Å²) in [5.41, 5.74) is 3.09. The number of nitrogens with zero attached hydrogens (tertiary/aromatic N) is 2. The maximum atomic E-state index is 13.3. The Hall–Kier alpha value is -3.08. The summed E-state index contributed by atoms with van der Waals surface area (Å²) in [5.74, 6) is -0.573. The number of benzene rings is 2. The quantitative estimate of drug-likeness (QED) is 0.520. The number of aromatic nitrogens is 1. The third-order valence-electron chi connectivity index (χ3n) is 5.66. The fourth-order valence-corrected chi connectivity index (χ4v) is 6.09. The van der Waals surface area contributed by atoms with E-state index >= 15 is 0 Å². The molecule has 4 rings (SSSR count). The largest absolute Gasteiger partial charge is 0.309 e. The highest BCUT2D eigenvalue weighted by Gasteiger charge is 2.32. The molecule has 2 aromatic carbocycles. The van der Waals surface area contributed by atoms with Crippen LogP contribution < -0.4 is 14.9 Å². The Morgan fingerprint density at radius 3 is 2.59 bits per heavy atom. The molecule has 2 amide bonds. The molecular formula is C24H26N4O4S2. The van der Waals surface area contributed by atoms with Crippen LogP contribution in [0, 0.1) is 6.92 Å². The Balaban J connectivity index is 1.60. The van der Waals surface area contributed by atoms with E-state index in [0.717, 1.165) is 22.5 Å². The lowest BCUT2D eigenvalue weighted by Gasteiger charge is -2.21. The molecule has 0 aliphatic carbocycles. The molecule has 0 spiro atoms. The number of amides is 2. The highest BCUT2D eigenvalue weighted by Crippen LogP contribution is 2.34. The predicted molar refractivity (Wildman–Crippen MR) is 133 cm³/mol. The Morgan fingerprint density at radius 1 is 1.21 bits per heavy atom. The molecule has 0 saturated heterocycles. The molecule has 8 nitrogen and oxygen atoms in total. The standard InChI is InChI=1S/C24H26N4O4S2/c1-15-14-33-24(25-15)26-23(30)21(12-18-7-5-4-6-8-18)27-34(31,32)20-9-10-22-19(13-20)11-16(2)28(22)17(3)29/h4-10,13-14,16,21,27H,11-12H2,1-3H3,(H,25,26,30)/t16-,21-/m0/s1. The van der Waals surface area contributed by atoms with E-state index in [-0.39, 0.29) is 23.3 Å². The number of sulfonamides is 1. The average Bonchev–Trinajstić information content (AvgIpc) is 3.34. The van der Waals surface area contributed by atoms with Crippen LogP contribution in [-0.2, 0) is 32.5 Å². The lowest BCUT2D eigenvalue weighted by molar-refractivity contribution is -0.118. The molecule has 2 atom stereocenters. The first kappa shape index (κ1) is 24.1. The van der Waals surface area contributed by atoms with Gasteiger partial charge in [0.05, 0.1) is 10.6 Å². The molecule has 0 radical (unpaired) electrons. The van der Waals surface area contributed by atoms with E-state index in [1.807, 2.05) is 49.6 Å². The van der Waals surface area contributed by atoms with Crippen molar-refractivity contribution in [2.24, 2.45) is 0 Å². The maximum Gasteiger partial charge on any atom is 0.244 e. The van der Waals surface area contributed by atoms with Crippen molar-refractivity contribution in [1.29, 1.82) is 0 Å². The number of rotatable bonds is 7. The van der Waals surface area contributed by atoms with E-state index in [1.54, 1.807) is 17.0 Å². The molecular weight excluding hydrogens is 472 g/mol. The van der Waals surface area contributed by atoms with Crippen LogP contribution in [0.25, 0.3) is 0 Å². The molecule has 2 heterocycles. The van der Waals surface area contributed by atoms with Gasteiger partial charge in [0.25, 0.3) is 0 Å². The second-order valence-corrected chi connectivity index (χ2v) is 11.0. The lowest BCUT2D eigenvalue weighted by Crippen LogP contribution is -2.45. The summed E-state index contributed by atoms with van der Waals surface area (Å²) in [6, 6.07) is 12.8. The number of thiazole rings is 1. The van der Waals surface area contributed by atoms with E-state index in [2.05, 4.69) is 15.0 Å². The average molecular weight is 499 g/mol. The normalized spacial score (nSPS) is 16.2. The lowest BCUT2D eigenvalue weighted by atomic mass is 10.1. The summed E-state index contributed by atoms with van der Waals surface area (Å²) in [6.45, 7) is 5.24. The van der Waals surface area contributed by atoms with E-state index in [0.29, 0.717) is 11.6 Å². The van der Waals surface area contributed by atoms with Crippen LogP contribution in [0.2, 0.25) is 0 Å². The van der Waals surface area contributed by atoms with Crippen molar-refractivity contribution in [1.82, 2.24) is 9.71 Å². The van der Waals surface area contributed by atoms with Gasteiger partial charge in [-0.05, 0) is 56.0 Å². The van der Waals surface area contributed by atoms with Crippen LogP contribution in [0.3, 0.4) is 0 Å². The van der Waals surface area contributed by atoms with Crippen molar-refractivity contribution in [2.45, 2.75) is 50.6 Å². The van der Waals surface area contributed by atoms with Crippen LogP contribution in [0.4, 0.5) is 10.8 Å².